The van der Waals surface area contributed by atoms with E-state index >= 15 is 0 Å². The number of carbonyl (C=O) groups excluding carboxylic acids is 1. The molecule has 0 saturated carbocycles. The van der Waals surface area contributed by atoms with Gasteiger partial charge in [-0.15, -0.1) is 0 Å². The van der Waals surface area contributed by atoms with Crippen LogP contribution in [0.5, 0.6) is 0 Å². The second kappa shape index (κ2) is 6.50. The monoisotopic (exact) mass is 342 g/mol. The van der Waals surface area contributed by atoms with Gasteiger partial charge in [-0.2, -0.15) is 0 Å². The normalized spacial score (nSPS) is 21.6. The van der Waals surface area contributed by atoms with Gasteiger partial charge in [0.05, 0.1) is 9.82 Å². The van der Waals surface area contributed by atoms with E-state index < -0.39 is 26.7 Å². The predicted molar refractivity (Wildman–Crippen MR) is 83.5 cm³/mol. The zero-order chi connectivity index (χ0) is 17.2. The largest absolute Gasteiger partial charge is 0.368 e. The van der Waals surface area contributed by atoms with E-state index in [1.165, 1.54) is 19.2 Å². The molecule has 0 spiro atoms. The van der Waals surface area contributed by atoms with Crippen molar-refractivity contribution in [1.82, 2.24) is 10.0 Å². The summed E-state index contributed by atoms with van der Waals surface area (Å²) in [7, 11) is -2.56. The van der Waals surface area contributed by atoms with E-state index in [0.717, 1.165) is 12.5 Å². The number of hydrogen-bond donors (Lipinski definition) is 3. The van der Waals surface area contributed by atoms with E-state index in [1.54, 1.807) is 0 Å². The summed E-state index contributed by atoms with van der Waals surface area (Å²) >= 11 is 0. The van der Waals surface area contributed by atoms with Crippen LogP contribution in [-0.4, -0.2) is 38.9 Å². The molecule has 0 bridgehead atoms. The Morgan fingerprint density at radius 1 is 1.39 bits per heavy atom. The Morgan fingerprint density at radius 3 is 2.65 bits per heavy atom. The van der Waals surface area contributed by atoms with Crippen molar-refractivity contribution in [3.63, 3.8) is 0 Å². The number of nitrogens with zero attached hydrogens (tertiary/aromatic N) is 1. The zero-order valence-corrected chi connectivity index (χ0v) is 13.5. The number of rotatable bonds is 5. The summed E-state index contributed by atoms with van der Waals surface area (Å²) in [6.45, 7) is 2.45. The van der Waals surface area contributed by atoms with Gasteiger partial charge in [-0.05, 0) is 31.5 Å². The van der Waals surface area contributed by atoms with Gasteiger partial charge in [0.2, 0.25) is 15.9 Å². The molecule has 1 amide bonds. The molecule has 2 rings (SSSR count). The number of piperidine rings is 1. The van der Waals surface area contributed by atoms with Crippen LogP contribution in [0.3, 0.4) is 0 Å². The molecule has 1 aliphatic heterocycles. The molecule has 1 saturated heterocycles. The van der Waals surface area contributed by atoms with E-state index in [9.17, 15) is 23.3 Å². The van der Waals surface area contributed by atoms with Crippen molar-refractivity contribution in [2.45, 2.75) is 24.3 Å². The molecule has 0 unspecified atom stereocenters. The van der Waals surface area contributed by atoms with Crippen molar-refractivity contribution in [3.8, 4) is 0 Å². The molecule has 3 N–H and O–H groups in total. The molecular weight excluding hydrogens is 324 g/mol. The second-order valence-corrected chi connectivity index (χ2v) is 7.21. The minimum atomic E-state index is -3.79. The molecule has 1 aliphatic rings. The lowest BCUT2D eigenvalue weighted by Crippen LogP contribution is -2.49. The quantitative estimate of drug-likeness (QED) is 0.526. The molecule has 0 aliphatic carbocycles. The summed E-state index contributed by atoms with van der Waals surface area (Å²) in [5, 5.41) is 16.8. The highest BCUT2D eigenvalue weighted by atomic mass is 32.2. The van der Waals surface area contributed by atoms with Crippen LogP contribution in [0.25, 0.3) is 0 Å². The molecule has 2 atom stereocenters. The first-order chi connectivity index (χ1) is 10.8. The fraction of sp³-hybridized carbons (Fsp3) is 0.462. The minimum absolute atomic E-state index is 0.00377. The molecular formula is C13H18N4O5S. The van der Waals surface area contributed by atoms with Crippen molar-refractivity contribution >= 4 is 27.3 Å². The molecule has 1 fully saturated rings. The highest BCUT2D eigenvalue weighted by Crippen LogP contribution is 2.29. The Balaban J connectivity index is 2.39. The summed E-state index contributed by atoms with van der Waals surface area (Å²) in [6, 6.07) is 2.93. The fourth-order valence-corrected chi connectivity index (χ4v) is 3.15. The van der Waals surface area contributed by atoms with Crippen molar-refractivity contribution in [1.29, 1.82) is 0 Å². The van der Waals surface area contributed by atoms with Gasteiger partial charge >= 0.3 is 0 Å². The third kappa shape index (κ3) is 3.59. The molecule has 23 heavy (non-hydrogen) atoms. The van der Waals surface area contributed by atoms with Gasteiger partial charge in [-0.25, -0.2) is 13.1 Å². The maximum absolute atomic E-state index is 11.9. The lowest BCUT2D eigenvalue weighted by molar-refractivity contribution is -0.384. The molecule has 0 aromatic heterocycles. The van der Waals surface area contributed by atoms with Crippen molar-refractivity contribution in [2.75, 3.05) is 18.9 Å². The third-order valence-corrected chi connectivity index (χ3v) is 5.22. The van der Waals surface area contributed by atoms with E-state index in [4.69, 9.17) is 0 Å². The van der Waals surface area contributed by atoms with Crippen LogP contribution in [0.15, 0.2) is 23.1 Å². The summed E-state index contributed by atoms with van der Waals surface area (Å²) in [4.78, 5) is 22.3. The van der Waals surface area contributed by atoms with Gasteiger partial charge in [0, 0.05) is 12.6 Å². The second-order valence-electron chi connectivity index (χ2n) is 5.32. The first kappa shape index (κ1) is 17.2. The Labute approximate surface area is 133 Å². The van der Waals surface area contributed by atoms with Crippen LogP contribution >= 0.6 is 0 Å². The molecule has 1 aromatic rings. The lowest BCUT2D eigenvalue weighted by atomic mass is 9.94. The molecule has 126 valence electrons. The topological polar surface area (TPSA) is 130 Å². The van der Waals surface area contributed by atoms with E-state index in [1.807, 2.05) is 6.92 Å². The van der Waals surface area contributed by atoms with E-state index in [-0.39, 0.29) is 22.4 Å². The first-order valence-corrected chi connectivity index (χ1v) is 8.51. The number of benzene rings is 1. The SMILES string of the molecule is CNS(=O)(=O)c1ccc(N[C@H]2C(=O)NCC[C@@H]2C)c([N+](=O)[O-])c1. The van der Waals surface area contributed by atoms with Gasteiger partial charge in [0.15, 0.2) is 0 Å². The predicted octanol–water partition coefficient (Wildman–Crippen LogP) is 0.439. The Bertz CT molecular complexity index is 734. The molecule has 0 radical (unpaired) electrons. The number of nitro groups is 1. The maximum Gasteiger partial charge on any atom is 0.293 e. The summed E-state index contributed by atoms with van der Waals surface area (Å²) < 4.78 is 25.6. The smallest absolute Gasteiger partial charge is 0.293 e. The number of nitro benzene ring substituents is 1. The number of hydrogen-bond acceptors (Lipinski definition) is 6. The van der Waals surface area contributed by atoms with Crippen LogP contribution in [0.2, 0.25) is 0 Å². The van der Waals surface area contributed by atoms with Crippen molar-refractivity contribution < 1.29 is 18.1 Å². The molecule has 1 aromatic carbocycles. The van der Waals surface area contributed by atoms with Crippen LogP contribution in [-0.2, 0) is 14.8 Å². The fourth-order valence-electron chi connectivity index (χ4n) is 2.40. The van der Waals surface area contributed by atoms with Crippen LogP contribution in [0.1, 0.15) is 13.3 Å². The third-order valence-electron chi connectivity index (χ3n) is 3.81. The number of carbonyl (C=O) groups is 1. The van der Waals surface area contributed by atoms with E-state index in [0.29, 0.717) is 6.54 Å². The van der Waals surface area contributed by atoms with Gasteiger partial charge in [0.25, 0.3) is 5.69 Å². The van der Waals surface area contributed by atoms with E-state index in [2.05, 4.69) is 15.4 Å². The highest BCUT2D eigenvalue weighted by Gasteiger charge is 2.31. The summed E-state index contributed by atoms with van der Waals surface area (Å²) in [5.74, 6) is -0.228. The maximum atomic E-state index is 11.9. The highest BCUT2D eigenvalue weighted by molar-refractivity contribution is 7.89. The van der Waals surface area contributed by atoms with Gasteiger partial charge < -0.3 is 10.6 Å². The molecule has 9 nitrogen and oxygen atoms in total. The Morgan fingerprint density at radius 2 is 2.09 bits per heavy atom. The Kier molecular flexibility index (Phi) is 4.85. The zero-order valence-electron chi connectivity index (χ0n) is 12.7. The lowest BCUT2D eigenvalue weighted by Gasteiger charge is -2.29. The van der Waals surface area contributed by atoms with Crippen LogP contribution in [0.4, 0.5) is 11.4 Å². The minimum Gasteiger partial charge on any atom is -0.368 e. The summed E-state index contributed by atoms with van der Waals surface area (Å²) in [5.41, 5.74) is -0.286. The van der Waals surface area contributed by atoms with Crippen LogP contribution < -0.4 is 15.4 Å². The molecule has 10 heteroatoms. The van der Waals surface area contributed by atoms with Gasteiger partial charge in [0.1, 0.15) is 11.7 Å². The van der Waals surface area contributed by atoms with Gasteiger partial charge in [-0.1, -0.05) is 6.92 Å². The van der Waals surface area contributed by atoms with Crippen molar-refractivity contribution in [2.24, 2.45) is 5.92 Å². The van der Waals surface area contributed by atoms with Crippen molar-refractivity contribution in [3.05, 3.63) is 28.3 Å². The summed E-state index contributed by atoms with van der Waals surface area (Å²) in [6.07, 6.45) is 0.753. The van der Waals surface area contributed by atoms with Gasteiger partial charge in [-0.3, -0.25) is 14.9 Å². The standard InChI is InChI=1S/C13H18N4O5S/c1-8-5-6-15-13(18)12(8)16-10-4-3-9(23(21,22)14-2)7-11(10)17(19)20/h3-4,7-8,12,14,16H,5-6H2,1-2H3,(H,15,18)/t8-,12+/m0/s1. The molecule has 1 heterocycles. The number of anilines is 1. The average Bonchev–Trinajstić information content (AvgIpc) is 2.51. The average molecular weight is 342 g/mol. The number of sulfonamides is 1. The number of amides is 1. The number of nitrogens with one attached hydrogen (secondary N) is 3. The first-order valence-electron chi connectivity index (χ1n) is 7.02. The Hall–Kier alpha value is -2.20. The van der Waals surface area contributed by atoms with Crippen LogP contribution in [0, 0.1) is 16.0 Å².